The Kier molecular flexibility index (Phi) is 5.87. The highest BCUT2D eigenvalue weighted by molar-refractivity contribution is 7.12. The van der Waals surface area contributed by atoms with Crippen LogP contribution in [0, 0.1) is 0 Å². The van der Waals surface area contributed by atoms with Crippen LogP contribution in [-0.4, -0.2) is 38.9 Å². The maximum Gasteiger partial charge on any atom is 0.369 e. The van der Waals surface area contributed by atoms with E-state index in [-0.39, 0.29) is 6.54 Å². The van der Waals surface area contributed by atoms with Gasteiger partial charge in [-0.2, -0.15) is 9.36 Å². The summed E-state index contributed by atoms with van der Waals surface area (Å²) in [7, 11) is 0. The molecule has 2 aromatic heterocycles. The van der Waals surface area contributed by atoms with Crippen LogP contribution in [0.15, 0.2) is 40.5 Å². The molecule has 0 atom stereocenters. The van der Waals surface area contributed by atoms with E-state index < -0.39 is 11.6 Å². The summed E-state index contributed by atoms with van der Waals surface area (Å²) >= 11 is 1.35. The van der Waals surface area contributed by atoms with Gasteiger partial charge in [-0.3, -0.25) is 4.79 Å². The van der Waals surface area contributed by atoms with Crippen molar-refractivity contribution in [1.29, 1.82) is 0 Å². The van der Waals surface area contributed by atoms with Crippen molar-refractivity contribution in [3.8, 4) is 16.5 Å². The third kappa shape index (κ3) is 4.34. The molecule has 0 aliphatic heterocycles. The lowest BCUT2D eigenvalue weighted by atomic mass is 10.2. The molecular formula is C17H19N5O4S. The summed E-state index contributed by atoms with van der Waals surface area (Å²) in [4.78, 5) is 24.8. The van der Waals surface area contributed by atoms with Crippen LogP contribution in [0.25, 0.3) is 5.00 Å². The minimum absolute atomic E-state index is 0.269. The number of aromatic nitrogens is 4. The Hall–Kier alpha value is -3.14. The second kappa shape index (κ2) is 8.49. The lowest BCUT2D eigenvalue weighted by Gasteiger charge is -2.13. The number of thiophene rings is 1. The first kappa shape index (κ1) is 18.6. The molecule has 9 nitrogen and oxygen atoms in total. The minimum atomic E-state index is -0.485. The first-order chi connectivity index (χ1) is 13.1. The van der Waals surface area contributed by atoms with Gasteiger partial charge < -0.3 is 14.8 Å². The first-order valence-electron chi connectivity index (χ1n) is 8.38. The van der Waals surface area contributed by atoms with E-state index in [1.807, 2.05) is 19.2 Å². The predicted molar refractivity (Wildman–Crippen MR) is 101 cm³/mol. The highest BCUT2D eigenvalue weighted by Gasteiger charge is 2.15. The molecule has 0 saturated heterocycles. The normalized spacial score (nSPS) is 10.6. The molecule has 0 bridgehead atoms. The molecule has 0 unspecified atom stereocenters. The van der Waals surface area contributed by atoms with E-state index in [2.05, 4.69) is 15.7 Å². The summed E-state index contributed by atoms with van der Waals surface area (Å²) in [5.41, 5.74) is -0.0211. The van der Waals surface area contributed by atoms with Crippen LogP contribution in [0.3, 0.4) is 0 Å². The number of carbonyl (C=O) groups excluding carboxylic acids is 1. The molecule has 10 heteroatoms. The van der Waals surface area contributed by atoms with Gasteiger partial charge in [0, 0.05) is 6.07 Å². The lowest BCUT2D eigenvalue weighted by Crippen LogP contribution is -2.29. The lowest BCUT2D eigenvalue weighted by molar-refractivity contribution is -0.117. The summed E-state index contributed by atoms with van der Waals surface area (Å²) in [6.07, 6.45) is 0. The van der Waals surface area contributed by atoms with Crippen molar-refractivity contribution >= 4 is 22.9 Å². The van der Waals surface area contributed by atoms with Gasteiger partial charge in [-0.1, -0.05) is 0 Å². The van der Waals surface area contributed by atoms with E-state index in [9.17, 15) is 9.59 Å². The van der Waals surface area contributed by atoms with Crippen LogP contribution in [0.2, 0.25) is 0 Å². The molecule has 0 fully saturated rings. The van der Waals surface area contributed by atoms with Crippen molar-refractivity contribution in [2.45, 2.75) is 20.4 Å². The maximum absolute atomic E-state index is 12.4. The standard InChI is InChI=1S/C17H19N5O4S/c1-3-25-12-7-8-14(26-4-2)13(10-12)18-15(23)11-21-17(24)22(20-19-21)16-6-5-9-27-16/h5-10H,3-4,11H2,1-2H3,(H,18,23). The second-order valence-electron chi connectivity index (χ2n) is 5.35. The Labute approximate surface area is 159 Å². The summed E-state index contributed by atoms with van der Waals surface area (Å²) < 4.78 is 13.1. The van der Waals surface area contributed by atoms with E-state index >= 15 is 0 Å². The van der Waals surface area contributed by atoms with Gasteiger partial charge in [-0.25, -0.2) is 4.79 Å². The molecule has 1 amide bonds. The molecule has 3 aromatic rings. The smallest absolute Gasteiger partial charge is 0.369 e. The zero-order chi connectivity index (χ0) is 19.2. The number of nitrogens with zero attached hydrogens (tertiary/aromatic N) is 4. The van der Waals surface area contributed by atoms with Crippen molar-refractivity contribution in [1.82, 2.24) is 19.8 Å². The van der Waals surface area contributed by atoms with Crippen LogP contribution in [0.5, 0.6) is 11.5 Å². The maximum atomic E-state index is 12.4. The van der Waals surface area contributed by atoms with E-state index in [4.69, 9.17) is 9.47 Å². The number of nitrogens with one attached hydrogen (secondary N) is 1. The van der Waals surface area contributed by atoms with E-state index in [1.54, 1.807) is 30.3 Å². The molecule has 0 saturated carbocycles. The summed E-state index contributed by atoms with van der Waals surface area (Å²) in [5.74, 6) is 0.700. The predicted octanol–water partition coefficient (Wildman–Crippen LogP) is 1.93. The highest BCUT2D eigenvalue weighted by Crippen LogP contribution is 2.29. The number of hydrogen-bond donors (Lipinski definition) is 1. The molecule has 1 aromatic carbocycles. The number of benzene rings is 1. The molecule has 142 valence electrons. The average molecular weight is 389 g/mol. The van der Waals surface area contributed by atoms with Crippen LogP contribution in [0.4, 0.5) is 5.69 Å². The third-order valence-corrected chi connectivity index (χ3v) is 4.33. The van der Waals surface area contributed by atoms with Crippen molar-refractivity contribution in [2.24, 2.45) is 0 Å². The zero-order valence-electron chi connectivity index (χ0n) is 14.9. The quantitative estimate of drug-likeness (QED) is 0.632. The summed E-state index contributed by atoms with van der Waals surface area (Å²) in [6, 6.07) is 8.72. The van der Waals surface area contributed by atoms with E-state index in [0.717, 1.165) is 9.36 Å². The van der Waals surface area contributed by atoms with Crippen molar-refractivity contribution in [3.63, 3.8) is 0 Å². The molecule has 2 heterocycles. The fourth-order valence-corrected chi connectivity index (χ4v) is 3.04. The van der Waals surface area contributed by atoms with Gasteiger partial charge in [0.25, 0.3) is 0 Å². The molecule has 0 spiro atoms. The van der Waals surface area contributed by atoms with Gasteiger partial charge in [0.2, 0.25) is 5.91 Å². The van der Waals surface area contributed by atoms with Crippen molar-refractivity contribution in [2.75, 3.05) is 18.5 Å². The number of ether oxygens (including phenoxy) is 2. The fourth-order valence-electron chi connectivity index (χ4n) is 2.37. The average Bonchev–Trinajstić information content (AvgIpc) is 3.28. The Morgan fingerprint density at radius 2 is 2.00 bits per heavy atom. The zero-order valence-corrected chi connectivity index (χ0v) is 15.7. The number of rotatable bonds is 8. The van der Waals surface area contributed by atoms with Gasteiger partial charge in [0.1, 0.15) is 23.0 Å². The van der Waals surface area contributed by atoms with Crippen molar-refractivity contribution < 1.29 is 14.3 Å². The van der Waals surface area contributed by atoms with Gasteiger partial charge in [0.05, 0.1) is 18.9 Å². The second-order valence-corrected chi connectivity index (χ2v) is 6.28. The molecule has 3 rings (SSSR count). The monoisotopic (exact) mass is 389 g/mol. The van der Waals surface area contributed by atoms with E-state index in [1.165, 1.54) is 11.3 Å². The Bertz CT molecular complexity index is 964. The molecule has 0 radical (unpaired) electrons. The Balaban J connectivity index is 1.76. The number of hydrogen-bond acceptors (Lipinski definition) is 7. The van der Waals surface area contributed by atoms with Crippen molar-refractivity contribution in [3.05, 3.63) is 46.2 Å². The molecular weight excluding hydrogens is 370 g/mol. The third-order valence-electron chi connectivity index (χ3n) is 3.48. The summed E-state index contributed by atoms with van der Waals surface area (Å²) in [5, 5.41) is 12.8. The first-order valence-corrected chi connectivity index (χ1v) is 9.26. The summed E-state index contributed by atoms with van der Waals surface area (Å²) in [6.45, 7) is 4.41. The van der Waals surface area contributed by atoms with Crippen LogP contribution < -0.4 is 20.5 Å². The topological polar surface area (TPSA) is 100 Å². The van der Waals surface area contributed by atoms with Crippen LogP contribution in [-0.2, 0) is 11.3 Å². The van der Waals surface area contributed by atoms with Gasteiger partial charge >= 0.3 is 5.69 Å². The number of amides is 1. The Morgan fingerprint density at radius 3 is 2.70 bits per heavy atom. The SMILES string of the molecule is CCOc1ccc(OCC)c(NC(=O)Cn2nnn(-c3cccs3)c2=O)c1. The molecule has 27 heavy (non-hydrogen) atoms. The van der Waals surface area contributed by atoms with Gasteiger partial charge in [-0.05, 0) is 53.9 Å². The number of tetrazole rings is 1. The molecule has 1 N–H and O–H groups in total. The number of anilines is 1. The van der Waals surface area contributed by atoms with Crippen LogP contribution >= 0.6 is 11.3 Å². The number of carbonyl (C=O) groups is 1. The van der Waals surface area contributed by atoms with Crippen LogP contribution in [0.1, 0.15) is 13.8 Å². The van der Waals surface area contributed by atoms with Gasteiger partial charge in [0.15, 0.2) is 0 Å². The van der Waals surface area contributed by atoms with Gasteiger partial charge in [-0.15, -0.1) is 11.3 Å². The highest BCUT2D eigenvalue weighted by atomic mass is 32.1. The fraction of sp³-hybridized carbons (Fsp3) is 0.294. The Morgan fingerprint density at radius 1 is 1.19 bits per heavy atom. The molecule has 0 aliphatic rings. The van der Waals surface area contributed by atoms with E-state index in [0.29, 0.717) is 35.4 Å². The minimum Gasteiger partial charge on any atom is -0.494 e. The molecule has 0 aliphatic carbocycles. The largest absolute Gasteiger partial charge is 0.494 e.